The fraction of sp³-hybridized carbons (Fsp3) is 0.412. The Kier molecular flexibility index (Phi) is 3.62. The first kappa shape index (κ1) is 14.7. The normalized spacial score (nSPS) is 18.0. The number of aromatic hydroxyl groups is 1. The van der Waals surface area contributed by atoms with Gasteiger partial charge in [0.05, 0.1) is 10.7 Å². The number of nitrogens with one attached hydrogen (secondary N) is 1. The Hall–Kier alpha value is -1.85. The van der Waals surface area contributed by atoms with Crippen LogP contribution in [0.15, 0.2) is 23.0 Å². The molecule has 0 saturated heterocycles. The summed E-state index contributed by atoms with van der Waals surface area (Å²) in [6.07, 6.45) is 2.96. The average Bonchev–Trinajstić information content (AvgIpc) is 3.35. The van der Waals surface area contributed by atoms with Gasteiger partial charge in [-0.25, -0.2) is 4.98 Å². The highest BCUT2D eigenvalue weighted by Gasteiger charge is 2.29. The maximum Gasteiger partial charge on any atom is 0.254 e. The van der Waals surface area contributed by atoms with Gasteiger partial charge >= 0.3 is 0 Å². The first-order chi connectivity index (χ1) is 11.1. The van der Waals surface area contributed by atoms with Crippen LogP contribution < -0.4 is 5.56 Å². The quantitative estimate of drug-likeness (QED) is 0.907. The van der Waals surface area contributed by atoms with Gasteiger partial charge in [-0.2, -0.15) is 0 Å². The van der Waals surface area contributed by atoms with Crippen LogP contribution in [-0.2, 0) is 19.5 Å². The molecule has 0 radical (unpaired) electrons. The summed E-state index contributed by atoms with van der Waals surface area (Å²) in [5.41, 5.74) is 2.81. The van der Waals surface area contributed by atoms with E-state index in [9.17, 15) is 9.90 Å². The van der Waals surface area contributed by atoms with Gasteiger partial charge in [-0.1, -0.05) is 17.7 Å². The Bertz CT molecular complexity index is 814. The third kappa shape index (κ3) is 2.99. The van der Waals surface area contributed by atoms with Crippen LogP contribution in [0.4, 0.5) is 0 Å². The summed E-state index contributed by atoms with van der Waals surface area (Å²) in [7, 11) is 0. The number of fused-ring (bicyclic) bond motifs is 1. The molecule has 1 aliphatic heterocycles. The first-order valence-electron chi connectivity index (χ1n) is 7.92. The highest BCUT2D eigenvalue weighted by molar-refractivity contribution is 6.32. The van der Waals surface area contributed by atoms with Crippen molar-refractivity contribution in [3.8, 4) is 5.75 Å². The van der Waals surface area contributed by atoms with Crippen molar-refractivity contribution in [2.45, 2.75) is 38.3 Å². The Labute approximate surface area is 138 Å². The van der Waals surface area contributed by atoms with Crippen molar-refractivity contribution in [1.82, 2.24) is 14.9 Å². The molecule has 23 heavy (non-hydrogen) atoms. The third-order valence-corrected chi connectivity index (χ3v) is 4.86. The number of phenols is 1. The molecule has 2 N–H and O–H groups in total. The van der Waals surface area contributed by atoms with Gasteiger partial charge in [0, 0.05) is 31.1 Å². The number of nitrogens with zero attached hydrogens (tertiary/aromatic N) is 2. The predicted octanol–water partition coefficient (Wildman–Crippen LogP) is 2.56. The second-order valence-corrected chi connectivity index (χ2v) is 6.80. The minimum absolute atomic E-state index is 0.0317. The number of H-pyrrole nitrogens is 1. The average molecular weight is 332 g/mol. The number of rotatable bonds is 3. The Morgan fingerprint density at radius 3 is 2.96 bits per heavy atom. The molecular formula is C17H18ClN3O2. The van der Waals surface area contributed by atoms with Gasteiger partial charge < -0.3 is 10.1 Å². The zero-order valence-electron chi connectivity index (χ0n) is 12.7. The number of halogens is 1. The molecule has 1 fully saturated rings. The van der Waals surface area contributed by atoms with Crippen molar-refractivity contribution >= 4 is 11.6 Å². The lowest BCUT2D eigenvalue weighted by molar-refractivity contribution is 0.240. The standard InChI is InChI=1S/C17H18ClN3O2/c18-13-7-10(1-4-15(13)22)8-21-6-5-12-14(9-21)19-16(11-2-3-11)20-17(12)23/h1,4,7,11,22H,2-3,5-6,8-9H2,(H,19,20,23). The summed E-state index contributed by atoms with van der Waals surface area (Å²) < 4.78 is 0. The summed E-state index contributed by atoms with van der Waals surface area (Å²) >= 11 is 5.97. The molecule has 2 aromatic rings. The van der Waals surface area contributed by atoms with E-state index in [4.69, 9.17) is 16.6 Å². The molecule has 0 atom stereocenters. The van der Waals surface area contributed by atoms with E-state index < -0.39 is 0 Å². The van der Waals surface area contributed by atoms with E-state index >= 15 is 0 Å². The molecule has 0 bridgehead atoms. The third-order valence-electron chi connectivity index (χ3n) is 4.55. The second kappa shape index (κ2) is 5.65. The zero-order chi connectivity index (χ0) is 16.0. The van der Waals surface area contributed by atoms with Crippen molar-refractivity contribution in [2.24, 2.45) is 0 Å². The van der Waals surface area contributed by atoms with Gasteiger partial charge in [-0.3, -0.25) is 9.69 Å². The van der Waals surface area contributed by atoms with Crippen LogP contribution in [0.1, 0.15) is 41.4 Å². The molecule has 1 saturated carbocycles. The van der Waals surface area contributed by atoms with Gasteiger partial charge in [0.25, 0.3) is 5.56 Å². The van der Waals surface area contributed by atoms with Crippen LogP contribution in [0.5, 0.6) is 5.75 Å². The fourth-order valence-corrected chi connectivity index (χ4v) is 3.31. The van der Waals surface area contributed by atoms with E-state index in [2.05, 4.69) is 9.88 Å². The molecule has 0 amide bonds. The SMILES string of the molecule is O=c1[nH]c(C2CC2)nc2c1CCN(Cc1ccc(O)c(Cl)c1)C2. The molecule has 2 aliphatic rings. The van der Waals surface area contributed by atoms with Gasteiger partial charge in [-0.05, 0) is 37.0 Å². The molecule has 6 heteroatoms. The van der Waals surface area contributed by atoms with E-state index in [0.717, 1.165) is 48.6 Å². The molecule has 2 heterocycles. The molecule has 1 aromatic heterocycles. The van der Waals surface area contributed by atoms with Gasteiger partial charge in [-0.15, -0.1) is 0 Å². The smallest absolute Gasteiger partial charge is 0.254 e. The minimum atomic E-state index is 0.0317. The minimum Gasteiger partial charge on any atom is -0.506 e. The lowest BCUT2D eigenvalue weighted by atomic mass is 10.1. The predicted molar refractivity (Wildman–Crippen MR) is 87.8 cm³/mol. The lowest BCUT2D eigenvalue weighted by Gasteiger charge is -2.27. The number of phenolic OH excluding ortho intramolecular Hbond substituents is 1. The van der Waals surface area contributed by atoms with Gasteiger partial charge in [0.15, 0.2) is 0 Å². The Morgan fingerprint density at radius 2 is 2.22 bits per heavy atom. The Balaban J connectivity index is 1.55. The van der Waals surface area contributed by atoms with E-state index in [0.29, 0.717) is 23.9 Å². The number of hydrogen-bond donors (Lipinski definition) is 2. The molecular weight excluding hydrogens is 314 g/mol. The van der Waals surface area contributed by atoms with Crippen molar-refractivity contribution in [3.63, 3.8) is 0 Å². The topological polar surface area (TPSA) is 69.2 Å². The maximum atomic E-state index is 12.2. The second-order valence-electron chi connectivity index (χ2n) is 6.40. The monoisotopic (exact) mass is 331 g/mol. The Morgan fingerprint density at radius 1 is 1.39 bits per heavy atom. The van der Waals surface area contributed by atoms with Crippen molar-refractivity contribution in [3.05, 3.63) is 56.2 Å². The highest BCUT2D eigenvalue weighted by Crippen LogP contribution is 2.37. The molecule has 0 unspecified atom stereocenters. The lowest BCUT2D eigenvalue weighted by Crippen LogP contribution is -2.35. The van der Waals surface area contributed by atoms with Crippen LogP contribution in [0.3, 0.4) is 0 Å². The summed E-state index contributed by atoms with van der Waals surface area (Å²) in [4.78, 5) is 22.1. The summed E-state index contributed by atoms with van der Waals surface area (Å²) in [6.45, 7) is 2.23. The fourth-order valence-electron chi connectivity index (χ4n) is 3.11. The number of hydrogen-bond acceptors (Lipinski definition) is 4. The van der Waals surface area contributed by atoms with Crippen molar-refractivity contribution in [1.29, 1.82) is 0 Å². The zero-order valence-corrected chi connectivity index (χ0v) is 13.4. The number of aromatic nitrogens is 2. The molecule has 0 spiro atoms. The molecule has 5 nitrogen and oxygen atoms in total. The highest BCUT2D eigenvalue weighted by atomic mass is 35.5. The van der Waals surface area contributed by atoms with E-state index in [-0.39, 0.29) is 11.3 Å². The number of aromatic amines is 1. The van der Waals surface area contributed by atoms with E-state index in [1.165, 1.54) is 0 Å². The van der Waals surface area contributed by atoms with Crippen LogP contribution in [-0.4, -0.2) is 26.5 Å². The van der Waals surface area contributed by atoms with Crippen molar-refractivity contribution < 1.29 is 5.11 Å². The van der Waals surface area contributed by atoms with Gasteiger partial charge in [0.1, 0.15) is 11.6 Å². The molecule has 1 aliphatic carbocycles. The molecule has 1 aromatic carbocycles. The molecule has 120 valence electrons. The summed E-state index contributed by atoms with van der Waals surface area (Å²) in [6, 6.07) is 5.27. The summed E-state index contributed by atoms with van der Waals surface area (Å²) in [5.74, 6) is 1.39. The summed E-state index contributed by atoms with van der Waals surface area (Å²) in [5, 5.41) is 9.87. The van der Waals surface area contributed by atoms with Crippen molar-refractivity contribution in [2.75, 3.05) is 6.54 Å². The van der Waals surface area contributed by atoms with Crippen LogP contribution in [0.2, 0.25) is 5.02 Å². The van der Waals surface area contributed by atoms with Gasteiger partial charge in [0.2, 0.25) is 0 Å². The maximum absolute atomic E-state index is 12.2. The molecule has 4 rings (SSSR count). The largest absolute Gasteiger partial charge is 0.506 e. The van der Waals surface area contributed by atoms with E-state index in [1.54, 1.807) is 12.1 Å². The van der Waals surface area contributed by atoms with Crippen LogP contribution >= 0.6 is 11.6 Å². The van der Waals surface area contributed by atoms with Crippen LogP contribution in [0, 0.1) is 0 Å². The number of benzene rings is 1. The first-order valence-corrected chi connectivity index (χ1v) is 8.29. The van der Waals surface area contributed by atoms with E-state index in [1.807, 2.05) is 6.07 Å². The van der Waals surface area contributed by atoms with Crippen LogP contribution in [0.25, 0.3) is 0 Å².